The highest BCUT2D eigenvalue weighted by Gasteiger charge is 2.15. The van der Waals surface area contributed by atoms with E-state index in [1.54, 1.807) is 6.92 Å². The van der Waals surface area contributed by atoms with Crippen LogP contribution in [0.25, 0.3) is 0 Å². The van der Waals surface area contributed by atoms with E-state index in [4.69, 9.17) is 9.84 Å². The number of esters is 1. The van der Waals surface area contributed by atoms with Gasteiger partial charge >= 0.3 is 5.97 Å². The highest BCUT2D eigenvalue weighted by molar-refractivity contribution is 5.77. The first kappa shape index (κ1) is 12.1. The topological polar surface area (TPSA) is 63.6 Å². The smallest absolute Gasteiger partial charge is 0.306 e. The maximum Gasteiger partial charge on any atom is 0.306 e. The lowest BCUT2D eigenvalue weighted by atomic mass is 10.0. The van der Waals surface area contributed by atoms with Gasteiger partial charge in [0.2, 0.25) is 0 Å². The van der Waals surface area contributed by atoms with E-state index in [0.717, 1.165) is 0 Å². The van der Waals surface area contributed by atoms with Gasteiger partial charge in [0.15, 0.2) is 0 Å². The molecule has 0 aromatic heterocycles. The zero-order chi connectivity index (χ0) is 10.3. The summed E-state index contributed by atoms with van der Waals surface area (Å²) in [5.41, 5.74) is 0. The van der Waals surface area contributed by atoms with Crippen molar-refractivity contribution in [1.82, 2.24) is 0 Å². The Labute approximate surface area is 77.9 Å². The molecule has 0 aliphatic heterocycles. The minimum absolute atomic E-state index is 0.0247. The lowest BCUT2D eigenvalue weighted by Gasteiger charge is -2.10. The molecule has 4 nitrogen and oxygen atoms in total. The molecule has 0 heterocycles. The highest BCUT2D eigenvalue weighted by Crippen LogP contribution is 2.09. The second kappa shape index (κ2) is 6.60. The van der Waals surface area contributed by atoms with E-state index in [0.29, 0.717) is 6.61 Å². The van der Waals surface area contributed by atoms with E-state index in [-0.39, 0.29) is 37.1 Å². The minimum atomic E-state index is -0.359. The van der Waals surface area contributed by atoms with Gasteiger partial charge in [-0.2, -0.15) is 0 Å². The molecule has 0 radical (unpaired) electrons. The fourth-order valence-electron chi connectivity index (χ4n) is 1.06. The van der Waals surface area contributed by atoms with Crippen LogP contribution in [0.3, 0.4) is 0 Å². The Kier molecular flexibility index (Phi) is 6.14. The quantitative estimate of drug-likeness (QED) is 0.617. The molecule has 0 aromatic rings. The van der Waals surface area contributed by atoms with Crippen LogP contribution in [0.15, 0.2) is 0 Å². The summed E-state index contributed by atoms with van der Waals surface area (Å²) in [5.74, 6) is -0.678. The Bertz CT molecular complexity index is 176. The van der Waals surface area contributed by atoms with Crippen molar-refractivity contribution in [2.45, 2.75) is 26.7 Å². The summed E-state index contributed by atoms with van der Waals surface area (Å²) in [7, 11) is 0. The molecule has 0 spiro atoms. The molecule has 0 amide bonds. The number of hydrogen-bond acceptors (Lipinski definition) is 4. The molecular formula is C9H16O4. The summed E-state index contributed by atoms with van der Waals surface area (Å²) in [4.78, 5) is 21.6. The van der Waals surface area contributed by atoms with Gasteiger partial charge in [-0.15, -0.1) is 0 Å². The molecule has 1 N–H and O–H groups in total. The molecular weight excluding hydrogens is 172 g/mol. The number of ketones is 1. The van der Waals surface area contributed by atoms with Crippen LogP contribution in [-0.2, 0) is 14.3 Å². The van der Waals surface area contributed by atoms with Gasteiger partial charge < -0.3 is 14.6 Å². The number of rotatable bonds is 6. The summed E-state index contributed by atoms with van der Waals surface area (Å²) in [6.45, 7) is 3.33. The first-order chi connectivity index (χ1) is 6.10. The normalized spacial score (nSPS) is 12.2. The Balaban J connectivity index is 3.83. The van der Waals surface area contributed by atoms with Crippen LogP contribution in [0.5, 0.6) is 0 Å². The van der Waals surface area contributed by atoms with Crippen molar-refractivity contribution in [2.75, 3.05) is 13.2 Å². The van der Waals surface area contributed by atoms with Gasteiger partial charge in [-0.3, -0.25) is 4.79 Å². The Morgan fingerprint density at radius 1 is 1.38 bits per heavy atom. The third-order valence-electron chi connectivity index (χ3n) is 1.59. The van der Waals surface area contributed by atoms with Crippen molar-refractivity contribution in [1.29, 1.82) is 0 Å². The third kappa shape index (κ3) is 6.28. The van der Waals surface area contributed by atoms with Gasteiger partial charge in [0.05, 0.1) is 13.0 Å². The van der Waals surface area contributed by atoms with Gasteiger partial charge in [-0.25, -0.2) is 0 Å². The number of aliphatic hydroxyl groups is 1. The van der Waals surface area contributed by atoms with Crippen LogP contribution in [-0.4, -0.2) is 30.1 Å². The molecule has 4 heteroatoms. The van der Waals surface area contributed by atoms with Gasteiger partial charge in [-0.05, 0) is 19.8 Å². The molecule has 0 fully saturated rings. The van der Waals surface area contributed by atoms with Crippen LogP contribution in [0.1, 0.15) is 26.7 Å². The number of carbonyl (C=O) groups is 2. The largest absolute Gasteiger partial charge is 0.466 e. The second-order valence-corrected chi connectivity index (χ2v) is 2.96. The Morgan fingerprint density at radius 3 is 2.38 bits per heavy atom. The van der Waals surface area contributed by atoms with Crippen molar-refractivity contribution in [3.63, 3.8) is 0 Å². The lowest BCUT2D eigenvalue weighted by Crippen LogP contribution is -2.17. The van der Waals surface area contributed by atoms with E-state index in [9.17, 15) is 9.59 Å². The predicted molar refractivity (Wildman–Crippen MR) is 47.1 cm³/mol. The molecule has 0 aromatic carbocycles. The maximum atomic E-state index is 10.9. The molecule has 0 saturated heterocycles. The molecule has 0 aliphatic carbocycles. The summed E-state index contributed by atoms with van der Waals surface area (Å²) >= 11 is 0. The predicted octanol–water partition coefficient (Wildman–Crippen LogP) is 0.527. The van der Waals surface area contributed by atoms with Crippen LogP contribution < -0.4 is 0 Å². The van der Waals surface area contributed by atoms with E-state index < -0.39 is 0 Å². The van der Waals surface area contributed by atoms with Gasteiger partial charge in [0.25, 0.3) is 0 Å². The average molecular weight is 188 g/mol. The third-order valence-corrected chi connectivity index (χ3v) is 1.59. The molecule has 0 saturated carbocycles. The molecule has 76 valence electrons. The highest BCUT2D eigenvalue weighted by atomic mass is 16.5. The lowest BCUT2D eigenvalue weighted by molar-refractivity contribution is -0.144. The standard InChI is InChI=1S/C9H16O4/c1-3-13-9(12)5-8(6-10)4-7(2)11/h8,10H,3-6H2,1-2H3. The van der Waals surface area contributed by atoms with Crippen LogP contribution in [0.2, 0.25) is 0 Å². The fourth-order valence-corrected chi connectivity index (χ4v) is 1.06. The summed E-state index contributed by atoms with van der Waals surface area (Å²) in [6.07, 6.45) is 0.346. The van der Waals surface area contributed by atoms with Crippen LogP contribution >= 0.6 is 0 Å². The number of aliphatic hydroxyl groups excluding tert-OH is 1. The van der Waals surface area contributed by atoms with E-state index in [2.05, 4.69) is 0 Å². The van der Waals surface area contributed by atoms with Gasteiger partial charge in [0.1, 0.15) is 5.78 Å². The number of Topliss-reactive ketones (excluding diaryl/α,β-unsaturated/α-hetero) is 1. The Hall–Kier alpha value is -0.900. The Morgan fingerprint density at radius 2 is 2.00 bits per heavy atom. The van der Waals surface area contributed by atoms with Crippen molar-refractivity contribution < 1.29 is 19.4 Å². The van der Waals surface area contributed by atoms with E-state index in [1.165, 1.54) is 6.92 Å². The van der Waals surface area contributed by atoms with Gasteiger partial charge in [-0.1, -0.05) is 0 Å². The molecule has 0 bridgehead atoms. The molecule has 0 aliphatic rings. The van der Waals surface area contributed by atoms with Crippen molar-refractivity contribution in [2.24, 2.45) is 5.92 Å². The molecule has 1 atom stereocenters. The van der Waals surface area contributed by atoms with E-state index in [1.807, 2.05) is 0 Å². The molecule has 1 unspecified atom stereocenters. The minimum Gasteiger partial charge on any atom is -0.466 e. The summed E-state index contributed by atoms with van der Waals surface area (Å²) in [5, 5.41) is 8.83. The van der Waals surface area contributed by atoms with Crippen LogP contribution in [0.4, 0.5) is 0 Å². The summed E-state index contributed by atoms with van der Waals surface area (Å²) < 4.78 is 4.69. The first-order valence-corrected chi connectivity index (χ1v) is 4.36. The van der Waals surface area contributed by atoms with Crippen molar-refractivity contribution >= 4 is 11.8 Å². The molecule has 13 heavy (non-hydrogen) atoms. The second-order valence-electron chi connectivity index (χ2n) is 2.96. The molecule has 0 rings (SSSR count). The zero-order valence-electron chi connectivity index (χ0n) is 8.08. The maximum absolute atomic E-state index is 10.9. The SMILES string of the molecule is CCOC(=O)CC(CO)CC(C)=O. The van der Waals surface area contributed by atoms with Crippen molar-refractivity contribution in [3.05, 3.63) is 0 Å². The first-order valence-electron chi connectivity index (χ1n) is 4.36. The van der Waals surface area contributed by atoms with Crippen molar-refractivity contribution in [3.8, 4) is 0 Å². The number of carbonyl (C=O) groups excluding carboxylic acids is 2. The monoisotopic (exact) mass is 188 g/mol. The number of ether oxygens (including phenoxy) is 1. The fraction of sp³-hybridized carbons (Fsp3) is 0.778. The zero-order valence-corrected chi connectivity index (χ0v) is 8.08. The average Bonchev–Trinajstić information content (AvgIpc) is 2.02. The van der Waals surface area contributed by atoms with Gasteiger partial charge in [0, 0.05) is 13.0 Å². The van der Waals surface area contributed by atoms with E-state index >= 15 is 0 Å². The summed E-state index contributed by atoms with van der Waals surface area (Å²) in [6, 6.07) is 0. The number of hydrogen-bond donors (Lipinski definition) is 1. The van der Waals surface area contributed by atoms with Crippen LogP contribution in [0, 0.1) is 5.92 Å².